The molecule has 1 aliphatic carbocycles. The quantitative estimate of drug-likeness (QED) is 0.0260. The summed E-state index contributed by atoms with van der Waals surface area (Å²) in [5, 5.41) is 31.3. The van der Waals surface area contributed by atoms with Gasteiger partial charge in [-0.05, 0) is 108 Å². The van der Waals surface area contributed by atoms with Crippen molar-refractivity contribution in [1.29, 1.82) is 0 Å². The standard InChI is InChI=1S/C44H36N10O16S4.4Na/c1-22-13-32(37(70-3)21-31(22)51-53-34-19-28(72(60,61)62)15-24-16-29(73(63,64)65)20-35(55)39(24)34)47-44-49-42(45-25-7-5-4-6-8-25)48-43(50-44)46-26-9-11-30-23(14-26)17-38(74(66,67)68)40(41(30)56)54-52-33-18-27(71(57,58)59)10-12-36(33)69-2;;;;/h4-21,52,55H,1-3H3,(H,57,58,59)(H,60,61,62)(H,63,64,65)(H,66,67,68)(H3,45,46,47,48,49,50);;;;/q;4*+1/p-4/b53-51?,54-40-;;;;. The number of phenols is 1. The molecular weight excluding hydrogens is 1140 g/mol. The van der Waals surface area contributed by atoms with E-state index in [0.717, 1.165) is 42.5 Å². The number of Topliss-reactive ketones (excluding diaryl/α,β-unsaturated/α-hetero) is 1. The number of hydrogen-bond donors (Lipinski definition) is 5. The molecule has 0 amide bonds. The number of azo groups is 1. The number of aryl methyl sites for hydroxylation is 1. The van der Waals surface area contributed by atoms with Gasteiger partial charge in [-0.3, -0.25) is 10.2 Å². The molecule has 1 heterocycles. The van der Waals surface area contributed by atoms with Gasteiger partial charge in [-0.15, -0.1) is 5.11 Å². The first-order valence-corrected chi connectivity index (χ1v) is 26.2. The molecule has 34 heteroatoms. The zero-order valence-corrected chi connectivity index (χ0v) is 53.0. The monoisotopic (exact) mass is 1180 g/mol. The van der Waals surface area contributed by atoms with Crippen LogP contribution in [0, 0.1) is 6.92 Å². The number of methoxy groups -OCH3 is 2. The predicted molar refractivity (Wildman–Crippen MR) is 260 cm³/mol. The van der Waals surface area contributed by atoms with Gasteiger partial charge in [-0.2, -0.15) is 25.2 Å². The molecule has 0 bridgehead atoms. The van der Waals surface area contributed by atoms with E-state index < -0.39 is 77.3 Å². The summed E-state index contributed by atoms with van der Waals surface area (Å²) >= 11 is 0. The molecule has 8 rings (SSSR count). The Kier molecular flexibility index (Phi) is 22.3. The third kappa shape index (κ3) is 15.5. The molecule has 26 nitrogen and oxygen atoms in total. The van der Waals surface area contributed by atoms with Crippen molar-refractivity contribution >= 4 is 121 Å². The Balaban J connectivity index is 0.00000328. The number of para-hydroxylation sites is 1. The molecule has 0 saturated heterocycles. The topological polar surface area (TPSA) is 408 Å². The van der Waals surface area contributed by atoms with Gasteiger partial charge in [0, 0.05) is 23.0 Å². The Labute approximate surface area is 533 Å². The number of fused-ring (bicyclic) bond motifs is 2. The van der Waals surface area contributed by atoms with Crippen molar-refractivity contribution in [1.82, 2.24) is 15.0 Å². The normalized spacial score (nSPS) is 12.9. The van der Waals surface area contributed by atoms with E-state index in [0.29, 0.717) is 17.3 Å². The third-order valence-electron chi connectivity index (χ3n) is 10.5. The van der Waals surface area contributed by atoms with Crippen molar-refractivity contribution in [2.45, 2.75) is 21.6 Å². The molecule has 6 aromatic carbocycles. The van der Waals surface area contributed by atoms with Crippen molar-refractivity contribution in [3.05, 3.63) is 125 Å². The fourth-order valence-electron chi connectivity index (χ4n) is 7.15. The summed E-state index contributed by atoms with van der Waals surface area (Å²) in [6.07, 6.45) is 0.904. The predicted octanol–water partition coefficient (Wildman–Crippen LogP) is -6.02. The maximum absolute atomic E-state index is 13.8. The fourth-order valence-corrected chi connectivity index (χ4v) is 9.34. The van der Waals surface area contributed by atoms with E-state index in [2.05, 4.69) is 51.7 Å². The summed E-state index contributed by atoms with van der Waals surface area (Å²) in [6, 6.07) is 21.6. The number of hydrogen-bond acceptors (Lipinski definition) is 26. The number of nitrogens with zero attached hydrogens (tertiary/aromatic N) is 6. The third-order valence-corrected chi connectivity index (χ3v) is 13.8. The first kappa shape index (κ1) is 66.0. The van der Waals surface area contributed by atoms with Crippen LogP contribution in [0.1, 0.15) is 21.5 Å². The molecule has 0 aliphatic heterocycles. The molecule has 1 aliphatic rings. The Bertz CT molecular complexity index is 4070. The molecule has 382 valence electrons. The van der Waals surface area contributed by atoms with Crippen LogP contribution in [0.25, 0.3) is 16.8 Å². The minimum Gasteiger partial charge on any atom is -0.744 e. The second-order valence-corrected chi connectivity index (χ2v) is 20.9. The number of anilines is 7. The van der Waals surface area contributed by atoms with Gasteiger partial charge in [0.25, 0.3) is 0 Å². The largest absolute Gasteiger partial charge is 1.00 e. The maximum Gasteiger partial charge on any atom is 1.00 e. The summed E-state index contributed by atoms with van der Waals surface area (Å²) < 4.78 is 155. The van der Waals surface area contributed by atoms with Gasteiger partial charge in [0.2, 0.25) is 23.6 Å². The second kappa shape index (κ2) is 26.4. The van der Waals surface area contributed by atoms with Crippen LogP contribution in [0.5, 0.6) is 17.2 Å². The number of allylic oxidation sites excluding steroid dienone is 1. The molecule has 7 aromatic rings. The zero-order valence-electron chi connectivity index (χ0n) is 41.8. The average molecular weight is 1180 g/mol. The minimum absolute atomic E-state index is 0. The van der Waals surface area contributed by atoms with Crippen molar-refractivity contribution in [2.75, 3.05) is 35.6 Å². The molecule has 0 atom stereocenters. The number of aromatic nitrogens is 3. The summed E-state index contributed by atoms with van der Waals surface area (Å²) in [6.45, 7) is 1.60. The minimum atomic E-state index is -5.41. The van der Waals surface area contributed by atoms with Crippen LogP contribution in [0.2, 0.25) is 0 Å². The van der Waals surface area contributed by atoms with Crippen LogP contribution in [0.3, 0.4) is 0 Å². The average Bonchev–Trinajstić information content (AvgIpc) is 3.32. The molecule has 78 heavy (non-hydrogen) atoms. The van der Waals surface area contributed by atoms with Crippen molar-refractivity contribution in [3.63, 3.8) is 0 Å². The number of aromatic hydroxyl groups is 1. The smallest absolute Gasteiger partial charge is 0.744 e. The van der Waals surface area contributed by atoms with Gasteiger partial charge < -0.3 is 48.7 Å². The Morgan fingerprint density at radius 1 is 0.564 bits per heavy atom. The number of rotatable bonds is 16. The van der Waals surface area contributed by atoms with E-state index in [1.54, 1.807) is 43.3 Å². The van der Waals surface area contributed by atoms with E-state index in [4.69, 9.17) is 9.47 Å². The van der Waals surface area contributed by atoms with Gasteiger partial charge in [0.05, 0.1) is 61.9 Å². The van der Waals surface area contributed by atoms with Gasteiger partial charge in [0.15, 0.2) is 0 Å². The molecular formula is C44H32N10Na4O16S4. The number of benzene rings is 6. The van der Waals surface area contributed by atoms with E-state index >= 15 is 0 Å². The Morgan fingerprint density at radius 2 is 1.13 bits per heavy atom. The first-order valence-electron chi connectivity index (χ1n) is 20.6. The van der Waals surface area contributed by atoms with Gasteiger partial charge in [-0.25, -0.2) is 33.7 Å². The maximum atomic E-state index is 13.8. The summed E-state index contributed by atoms with van der Waals surface area (Å²) in [7, 11) is -18.1. The molecule has 0 unspecified atom stereocenters. The van der Waals surface area contributed by atoms with Crippen LogP contribution in [-0.2, 0) is 40.5 Å². The van der Waals surface area contributed by atoms with Crippen molar-refractivity contribution in [3.8, 4) is 17.2 Å². The molecule has 0 radical (unpaired) electrons. The van der Waals surface area contributed by atoms with E-state index in [1.807, 2.05) is 0 Å². The van der Waals surface area contributed by atoms with E-state index in [1.165, 1.54) is 38.5 Å². The molecule has 5 N–H and O–H groups in total. The number of ketones is 1. The molecule has 0 spiro atoms. The van der Waals surface area contributed by atoms with Crippen LogP contribution < -0.4 is 149 Å². The zero-order chi connectivity index (χ0) is 53.5. The number of carbonyl (C=O) groups excluding carboxylic acids is 1. The van der Waals surface area contributed by atoms with Crippen molar-refractivity contribution in [2.24, 2.45) is 15.3 Å². The second-order valence-electron chi connectivity index (χ2n) is 15.5. The fraction of sp³-hybridized carbons (Fsp3) is 0.0682. The van der Waals surface area contributed by atoms with Gasteiger partial charge in [-0.1, -0.05) is 18.2 Å². The van der Waals surface area contributed by atoms with Crippen LogP contribution in [-0.4, -0.2) is 97.7 Å². The molecule has 0 saturated carbocycles. The number of nitrogens with one attached hydrogen (secondary N) is 4. The Morgan fingerprint density at radius 3 is 1.71 bits per heavy atom. The van der Waals surface area contributed by atoms with Gasteiger partial charge in [0.1, 0.15) is 63.4 Å². The number of hydrazone groups is 1. The van der Waals surface area contributed by atoms with Gasteiger partial charge >= 0.3 is 118 Å². The summed E-state index contributed by atoms with van der Waals surface area (Å²) in [5.74, 6) is -1.95. The summed E-state index contributed by atoms with van der Waals surface area (Å²) in [5.41, 5.74) is 2.19. The number of ether oxygens (including phenoxy) is 2. The van der Waals surface area contributed by atoms with Crippen LogP contribution in [0.4, 0.5) is 52.0 Å². The van der Waals surface area contributed by atoms with E-state index in [9.17, 15) is 61.8 Å². The van der Waals surface area contributed by atoms with Crippen LogP contribution in [0.15, 0.2) is 138 Å². The number of phenolic OH excluding ortho intramolecular Hbond substituents is 1. The SMILES string of the molecule is COc1ccc(S(=O)(=O)[O-])cc1N/N=C1\C(=O)c2ccc(Nc3nc(Nc4ccccc4)nc(Nc4cc(C)c(N=Nc5cc(S(=O)(=O)[O-])cc6cc(S(=O)(=O)[O-])cc(O)c56)cc4OC)n3)cc2C=C1S(=O)(=O)[O-].[Na+].[Na+].[Na+].[Na+]. The number of carbonyl (C=O) groups is 1. The molecule has 0 fully saturated rings. The molecule has 1 aromatic heterocycles. The van der Waals surface area contributed by atoms with Crippen LogP contribution >= 0.6 is 0 Å². The first-order chi connectivity index (χ1) is 34.8. The summed E-state index contributed by atoms with van der Waals surface area (Å²) in [4.78, 5) is 23.7. The van der Waals surface area contributed by atoms with E-state index in [-0.39, 0.29) is 198 Å². The van der Waals surface area contributed by atoms with Crippen molar-refractivity contribution < 1.29 is 189 Å². The Hall–Kier alpha value is -4.49.